The van der Waals surface area contributed by atoms with Gasteiger partial charge in [0.25, 0.3) is 13.4 Å². The number of nitrogens with zero attached hydrogens (tertiary/aromatic N) is 5. The molecule has 0 atom stereocenters. The number of fused-ring (bicyclic) bond motifs is 14. The molecule has 4 aliphatic heterocycles. The first kappa shape index (κ1) is 56.8. The largest absolute Gasteiger partial charge is 0.458 e. The van der Waals surface area contributed by atoms with Gasteiger partial charge in [-0.2, -0.15) is 0 Å². The second kappa shape index (κ2) is 22.6. The first-order valence-electron chi connectivity index (χ1n) is 34.2. The molecule has 0 bridgehead atoms. The Morgan fingerprint density at radius 2 is 0.740 bits per heavy atom. The zero-order valence-corrected chi connectivity index (χ0v) is 55.7. The molecule has 0 fully saturated rings. The molecule has 17 aromatic rings. The summed E-state index contributed by atoms with van der Waals surface area (Å²) in [5, 5.41) is 4.96. The molecule has 0 saturated carbocycles. The lowest BCUT2D eigenvalue weighted by molar-refractivity contribution is 0.487. The molecule has 0 radical (unpaired) electrons. The second-order valence-electron chi connectivity index (χ2n) is 26.2. The third-order valence-corrected chi connectivity index (χ3v) is 23.1. The number of para-hydroxylation sites is 7. The van der Waals surface area contributed by atoms with E-state index in [-0.39, 0.29) is 13.4 Å². The molecule has 0 saturated heterocycles. The van der Waals surface area contributed by atoms with Crippen molar-refractivity contribution in [1.82, 2.24) is 0 Å². The lowest BCUT2D eigenvalue weighted by atomic mass is 9.30. The van der Waals surface area contributed by atoms with Gasteiger partial charge in [0.05, 0.1) is 28.4 Å². The standard InChI is InChI=1S/C90H57B2N5OS2/c1-6-28-58(29-7-1)65-38-16-21-43-72(65)96-77-57-76-70(92-69-42-20-23-47-81(69)98-82-55-64(54-80(90(82)92)95(76)62-36-14-5-15-37-62)94(61-34-12-4-13-35-61)74-45-26-50-85-87(74)66-39-17-24-48-83(66)99-85)56-71(77)91-68-41-19-22-44-73(68)97(75-46-27-51-86-88(75)67-40-18-25-49-84(67)100-86)79-53-63(52-78(96)89(79)91)93(59-30-8-2-9-31-59)60-32-10-3-11-33-60/h1-57H. The highest BCUT2D eigenvalue weighted by Crippen LogP contribution is 2.55. The van der Waals surface area contributed by atoms with Crippen LogP contribution in [-0.2, 0) is 0 Å². The van der Waals surface area contributed by atoms with Crippen LogP contribution in [0.3, 0.4) is 0 Å². The number of hydrogen-bond acceptors (Lipinski definition) is 8. The summed E-state index contributed by atoms with van der Waals surface area (Å²) in [6.45, 7) is -0.455. The Bertz CT molecular complexity index is 6110. The molecule has 100 heavy (non-hydrogen) atoms. The molecule has 0 spiro atoms. The lowest BCUT2D eigenvalue weighted by Gasteiger charge is -2.47. The van der Waals surface area contributed by atoms with Crippen molar-refractivity contribution in [2.45, 2.75) is 0 Å². The van der Waals surface area contributed by atoms with E-state index in [4.69, 9.17) is 4.74 Å². The van der Waals surface area contributed by atoms with Crippen molar-refractivity contribution in [2.75, 3.05) is 24.5 Å². The highest BCUT2D eigenvalue weighted by Gasteiger charge is 2.49. The molecule has 4 aliphatic rings. The Hall–Kier alpha value is -12.3. The first-order valence-corrected chi connectivity index (χ1v) is 35.8. The van der Waals surface area contributed by atoms with Crippen molar-refractivity contribution in [1.29, 1.82) is 0 Å². The third-order valence-electron chi connectivity index (χ3n) is 20.8. The zero-order valence-electron chi connectivity index (χ0n) is 54.0. The number of hydrogen-bond donors (Lipinski definition) is 0. The summed E-state index contributed by atoms with van der Waals surface area (Å²) >= 11 is 3.71. The van der Waals surface area contributed by atoms with Gasteiger partial charge >= 0.3 is 0 Å². The van der Waals surface area contributed by atoms with Gasteiger partial charge in [0, 0.05) is 109 Å². The molecule has 6 heterocycles. The van der Waals surface area contributed by atoms with Gasteiger partial charge in [0.15, 0.2) is 0 Å². The Morgan fingerprint density at radius 3 is 1.42 bits per heavy atom. The smallest absolute Gasteiger partial charge is 0.256 e. The van der Waals surface area contributed by atoms with Crippen molar-refractivity contribution in [3.63, 3.8) is 0 Å². The molecule has 15 aromatic carbocycles. The summed E-state index contributed by atoms with van der Waals surface area (Å²) in [6, 6.07) is 128. The van der Waals surface area contributed by atoms with E-state index in [1.807, 2.05) is 22.7 Å². The Balaban J connectivity index is 0.888. The van der Waals surface area contributed by atoms with E-state index in [9.17, 15) is 0 Å². The predicted octanol–water partition coefficient (Wildman–Crippen LogP) is 21.5. The van der Waals surface area contributed by atoms with Crippen LogP contribution in [-0.4, -0.2) is 13.4 Å². The number of rotatable bonds is 10. The van der Waals surface area contributed by atoms with Crippen molar-refractivity contribution < 1.29 is 4.74 Å². The van der Waals surface area contributed by atoms with Crippen molar-refractivity contribution in [2.24, 2.45) is 0 Å². The van der Waals surface area contributed by atoms with Crippen LogP contribution in [0.5, 0.6) is 11.5 Å². The van der Waals surface area contributed by atoms with Crippen LogP contribution in [0.4, 0.5) is 85.3 Å². The van der Waals surface area contributed by atoms with Crippen LogP contribution in [0, 0.1) is 0 Å². The third kappa shape index (κ3) is 8.64. The molecule has 6 nitrogen and oxygen atoms in total. The minimum atomic E-state index is -0.230. The fourth-order valence-electron chi connectivity index (χ4n) is 16.8. The highest BCUT2D eigenvalue weighted by atomic mass is 32.1. The van der Waals surface area contributed by atoms with Gasteiger partial charge in [-0.3, -0.25) is 0 Å². The van der Waals surface area contributed by atoms with Crippen LogP contribution in [0.25, 0.3) is 51.5 Å². The summed E-state index contributed by atoms with van der Waals surface area (Å²) in [4.78, 5) is 12.7. The maximum Gasteiger partial charge on any atom is 0.256 e. The molecule has 10 heteroatoms. The molecule has 466 valence electrons. The molecule has 21 rings (SSSR count). The second-order valence-corrected chi connectivity index (χ2v) is 28.4. The Kier molecular flexibility index (Phi) is 12.9. The number of ether oxygens (including phenoxy) is 1. The number of thiophene rings is 2. The van der Waals surface area contributed by atoms with Gasteiger partial charge < -0.3 is 29.2 Å². The lowest BCUT2D eigenvalue weighted by Crippen LogP contribution is -2.64. The minimum absolute atomic E-state index is 0.225. The summed E-state index contributed by atoms with van der Waals surface area (Å²) < 4.78 is 12.5. The molecule has 2 aromatic heterocycles. The van der Waals surface area contributed by atoms with E-state index in [2.05, 4.69) is 370 Å². The van der Waals surface area contributed by atoms with Crippen LogP contribution < -0.4 is 62.0 Å². The Labute approximate surface area is 588 Å². The van der Waals surface area contributed by atoms with E-state index >= 15 is 0 Å². The number of benzene rings is 15. The van der Waals surface area contributed by atoms with E-state index in [0.29, 0.717) is 0 Å². The molecular formula is C90H57B2N5OS2. The summed E-state index contributed by atoms with van der Waals surface area (Å²) in [6.07, 6.45) is 0. The van der Waals surface area contributed by atoms with Crippen LogP contribution in [0.2, 0.25) is 0 Å². The Morgan fingerprint density at radius 1 is 0.270 bits per heavy atom. The molecular weight excluding hydrogens is 1250 g/mol. The first-order chi connectivity index (χ1) is 49.6. The fraction of sp³-hybridized carbons (Fsp3) is 0. The van der Waals surface area contributed by atoms with Gasteiger partial charge in [-0.1, -0.05) is 212 Å². The molecule has 0 unspecified atom stereocenters. The van der Waals surface area contributed by atoms with Gasteiger partial charge in [0.1, 0.15) is 11.5 Å². The van der Waals surface area contributed by atoms with Gasteiger partial charge in [-0.05, 0) is 166 Å². The molecule has 0 N–H and O–H groups in total. The average molecular weight is 1310 g/mol. The molecule has 0 amide bonds. The normalized spacial score (nSPS) is 13.0. The van der Waals surface area contributed by atoms with Crippen molar-refractivity contribution in [3.8, 4) is 22.6 Å². The van der Waals surface area contributed by atoms with Crippen molar-refractivity contribution >= 4 is 195 Å². The molecule has 0 aliphatic carbocycles. The SMILES string of the molecule is c1ccc(-c2ccccc2N2c3cc4c(cc3B3c5ccccc5N(c5cccc6sc7ccccc7c56)c5cc(N(c6ccccc6)c6ccccc6)cc2c53)B2c3ccccc3Oc3cc(N(c5ccccc5)c5cccc6sc7ccccc7c56)cc(c32)N4c2ccccc2)cc1. The van der Waals surface area contributed by atoms with Crippen LogP contribution >= 0.6 is 22.7 Å². The predicted molar refractivity (Wildman–Crippen MR) is 427 cm³/mol. The van der Waals surface area contributed by atoms with Gasteiger partial charge in [0.2, 0.25) is 0 Å². The van der Waals surface area contributed by atoms with E-state index in [1.165, 1.54) is 62.2 Å². The van der Waals surface area contributed by atoms with Crippen LogP contribution in [0.15, 0.2) is 346 Å². The topological polar surface area (TPSA) is 25.4 Å². The van der Waals surface area contributed by atoms with E-state index in [1.54, 1.807) is 0 Å². The summed E-state index contributed by atoms with van der Waals surface area (Å²) in [7, 11) is 0. The van der Waals surface area contributed by atoms with E-state index < -0.39 is 0 Å². The quantitative estimate of drug-likeness (QED) is 0.127. The average Bonchev–Trinajstić information content (AvgIpc) is 0.761. The number of anilines is 15. The maximum absolute atomic E-state index is 7.46. The zero-order chi connectivity index (χ0) is 65.5. The minimum Gasteiger partial charge on any atom is -0.458 e. The van der Waals surface area contributed by atoms with Gasteiger partial charge in [-0.15, -0.1) is 22.7 Å². The van der Waals surface area contributed by atoms with Crippen LogP contribution in [0.1, 0.15) is 0 Å². The van der Waals surface area contributed by atoms with E-state index in [0.717, 1.165) is 119 Å². The summed E-state index contributed by atoms with van der Waals surface area (Å²) in [5.74, 6) is 1.68. The maximum atomic E-state index is 7.46. The van der Waals surface area contributed by atoms with Crippen molar-refractivity contribution in [3.05, 3.63) is 346 Å². The fourth-order valence-corrected chi connectivity index (χ4v) is 19.0. The highest BCUT2D eigenvalue weighted by molar-refractivity contribution is 7.26. The summed E-state index contributed by atoms with van der Waals surface area (Å²) in [5.41, 5.74) is 25.6. The van der Waals surface area contributed by atoms with Gasteiger partial charge in [-0.25, -0.2) is 0 Å². The monoisotopic (exact) mass is 1310 g/mol.